The molecule has 1 N–H and O–H groups in total. The van der Waals surface area contributed by atoms with Crippen LogP contribution in [0.25, 0.3) is 0 Å². The third-order valence-electron chi connectivity index (χ3n) is 3.25. The Morgan fingerprint density at radius 1 is 1.38 bits per heavy atom. The number of hydrogen-bond donors (Lipinski definition) is 1. The summed E-state index contributed by atoms with van der Waals surface area (Å²) in [7, 11) is 1.96. The van der Waals surface area contributed by atoms with E-state index in [0.29, 0.717) is 13.0 Å². The second-order valence-corrected chi connectivity index (χ2v) is 6.02. The van der Waals surface area contributed by atoms with Gasteiger partial charge in [-0.05, 0) is 13.8 Å². The molecule has 2 rings (SSSR count). The first-order valence-electron chi connectivity index (χ1n) is 6.94. The Morgan fingerprint density at radius 3 is 2.76 bits per heavy atom. The van der Waals surface area contributed by atoms with Crippen molar-refractivity contribution < 1.29 is 4.79 Å². The van der Waals surface area contributed by atoms with Gasteiger partial charge in [-0.15, -0.1) is 0 Å². The van der Waals surface area contributed by atoms with Gasteiger partial charge in [-0.3, -0.25) is 4.79 Å². The number of hydrogen-bond acceptors (Lipinski definition) is 4. The van der Waals surface area contributed by atoms with Gasteiger partial charge in [0.05, 0.1) is 0 Å². The summed E-state index contributed by atoms with van der Waals surface area (Å²) in [4.78, 5) is 20.3. The molecule has 1 atom stereocenters. The van der Waals surface area contributed by atoms with Crippen LogP contribution in [-0.2, 0) is 11.8 Å². The number of nitrogens with one attached hydrogen (secondary N) is 1. The number of amides is 1. The van der Waals surface area contributed by atoms with Gasteiger partial charge < -0.3 is 14.5 Å². The maximum absolute atomic E-state index is 11.9. The topological polar surface area (TPSA) is 64.7 Å². The summed E-state index contributed by atoms with van der Waals surface area (Å²) < 4.78 is 3.98. The molecular formula is C14H21N5OS. The van der Waals surface area contributed by atoms with Crippen molar-refractivity contribution in [3.8, 4) is 0 Å². The molecule has 0 aromatic carbocycles. The molecule has 2 heterocycles. The van der Waals surface area contributed by atoms with Crippen molar-refractivity contribution in [3.63, 3.8) is 0 Å². The highest BCUT2D eigenvalue weighted by atomic mass is 32.2. The Hall–Kier alpha value is -1.76. The number of carbonyl (C=O) groups is 1. The quantitative estimate of drug-likeness (QED) is 0.625. The fourth-order valence-electron chi connectivity index (χ4n) is 2.12. The van der Waals surface area contributed by atoms with E-state index >= 15 is 0 Å². The van der Waals surface area contributed by atoms with Crippen LogP contribution in [0, 0.1) is 6.92 Å². The van der Waals surface area contributed by atoms with Gasteiger partial charge in [0, 0.05) is 56.6 Å². The Bertz CT molecular complexity index is 592. The number of nitrogens with zero attached hydrogens (tertiary/aromatic N) is 4. The van der Waals surface area contributed by atoms with E-state index in [2.05, 4.69) is 15.3 Å². The lowest BCUT2D eigenvalue weighted by molar-refractivity contribution is -0.121. The van der Waals surface area contributed by atoms with Crippen LogP contribution in [0.2, 0.25) is 0 Å². The van der Waals surface area contributed by atoms with Crippen molar-refractivity contribution in [2.45, 2.75) is 31.5 Å². The van der Waals surface area contributed by atoms with Crippen LogP contribution in [-0.4, -0.2) is 37.3 Å². The SMILES string of the molecule is Cc1nccn1[C@H](C)CC(=O)NCCSc1nccn1C. The van der Waals surface area contributed by atoms with Gasteiger partial charge in [0.1, 0.15) is 5.82 Å². The van der Waals surface area contributed by atoms with Crippen LogP contribution in [0.5, 0.6) is 0 Å². The predicted octanol–water partition coefficient (Wildman–Crippen LogP) is 1.78. The molecule has 114 valence electrons. The van der Waals surface area contributed by atoms with Gasteiger partial charge in [-0.25, -0.2) is 9.97 Å². The van der Waals surface area contributed by atoms with E-state index in [0.717, 1.165) is 16.7 Å². The van der Waals surface area contributed by atoms with Crippen LogP contribution in [0.3, 0.4) is 0 Å². The summed E-state index contributed by atoms with van der Waals surface area (Å²) in [5, 5.41) is 3.91. The number of thioether (sulfide) groups is 1. The lowest BCUT2D eigenvalue weighted by atomic mass is 10.2. The minimum atomic E-state index is 0.0658. The highest BCUT2D eigenvalue weighted by molar-refractivity contribution is 7.99. The van der Waals surface area contributed by atoms with E-state index in [9.17, 15) is 4.79 Å². The second kappa shape index (κ2) is 7.31. The highest BCUT2D eigenvalue weighted by Gasteiger charge is 2.12. The van der Waals surface area contributed by atoms with Crippen LogP contribution in [0.4, 0.5) is 0 Å². The molecule has 0 radical (unpaired) electrons. The maximum Gasteiger partial charge on any atom is 0.222 e. The molecule has 0 saturated heterocycles. The van der Waals surface area contributed by atoms with Crippen LogP contribution < -0.4 is 5.32 Å². The third-order valence-corrected chi connectivity index (χ3v) is 4.31. The first-order chi connectivity index (χ1) is 10.1. The molecule has 0 fully saturated rings. The molecule has 2 aromatic heterocycles. The minimum absolute atomic E-state index is 0.0658. The molecule has 0 saturated carbocycles. The van der Waals surface area contributed by atoms with Gasteiger partial charge >= 0.3 is 0 Å². The number of aromatic nitrogens is 4. The molecule has 0 aliphatic heterocycles. The molecular weight excluding hydrogens is 286 g/mol. The molecule has 0 aliphatic carbocycles. The van der Waals surface area contributed by atoms with E-state index in [4.69, 9.17) is 0 Å². The number of imidazole rings is 2. The maximum atomic E-state index is 11.9. The molecule has 0 bridgehead atoms. The first kappa shape index (κ1) is 15.6. The monoisotopic (exact) mass is 307 g/mol. The Morgan fingerprint density at radius 2 is 2.14 bits per heavy atom. The van der Waals surface area contributed by atoms with E-state index in [1.165, 1.54) is 0 Å². The minimum Gasteiger partial charge on any atom is -0.355 e. The smallest absolute Gasteiger partial charge is 0.222 e. The summed E-state index contributed by atoms with van der Waals surface area (Å²) in [6.07, 6.45) is 7.81. The Kier molecular flexibility index (Phi) is 5.44. The highest BCUT2D eigenvalue weighted by Crippen LogP contribution is 2.14. The summed E-state index contributed by atoms with van der Waals surface area (Å²) >= 11 is 1.64. The van der Waals surface area contributed by atoms with Gasteiger partial charge in [-0.1, -0.05) is 11.8 Å². The fourth-order valence-corrected chi connectivity index (χ4v) is 2.90. The van der Waals surface area contributed by atoms with Gasteiger partial charge in [0.25, 0.3) is 0 Å². The average molecular weight is 307 g/mol. The Labute approximate surface area is 129 Å². The van der Waals surface area contributed by atoms with Gasteiger partial charge in [0.15, 0.2) is 5.16 Å². The van der Waals surface area contributed by atoms with Crippen molar-refractivity contribution in [1.29, 1.82) is 0 Å². The molecule has 0 aliphatic rings. The van der Waals surface area contributed by atoms with E-state index in [-0.39, 0.29) is 11.9 Å². The van der Waals surface area contributed by atoms with Crippen molar-refractivity contribution in [1.82, 2.24) is 24.4 Å². The van der Waals surface area contributed by atoms with Crippen LogP contribution in [0.1, 0.15) is 25.2 Å². The summed E-state index contributed by atoms with van der Waals surface area (Å²) in [6, 6.07) is 0.120. The normalized spacial score (nSPS) is 12.3. The number of rotatable bonds is 7. The fraction of sp³-hybridized carbons (Fsp3) is 0.500. The zero-order valence-corrected chi connectivity index (χ0v) is 13.4. The van der Waals surface area contributed by atoms with Crippen molar-refractivity contribution >= 4 is 17.7 Å². The van der Waals surface area contributed by atoms with Crippen molar-refractivity contribution in [2.75, 3.05) is 12.3 Å². The Balaban J connectivity index is 1.68. The summed E-state index contributed by atoms with van der Waals surface area (Å²) in [5.74, 6) is 1.81. The van der Waals surface area contributed by atoms with E-state index in [1.807, 2.05) is 42.4 Å². The lowest BCUT2D eigenvalue weighted by Gasteiger charge is -2.14. The zero-order chi connectivity index (χ0) is 15.2. The lowest BCUT2D eigenvalue weighted by Crippen LogP contribution is -2.28. The number of carbonyl (C=O) groups excluding carboxylic acids is 1. The standard InChI is InChI=1S/C14H21N5OS/c1-11(19-8-5-15-12(19)2)10-13(20)16-6-9-21-14-17-4-7-18(14)3/h4-5,7-8,11H,6,9-10H2,1-3H3,(H,16,20)/t11-/m1/s1. The largest absolute Gasteiger partial charge is 0.355 e. The molecule has 21 heavy (non-hydrogen) atoms. The van der Waals surface area contributed by atoms with E-state index < -0.39 is 0 Å². The predicted molar refractivity (Wildman–Crippen MR) is 83.2 cm³/mol. The van der Waals surface area contributed by atoms with Crippen molar-refractivity contribution in [2.24, 2.45) is 7.05 Å². The van der Waals surface area contributed by atoms with E-state index in [1.54, 1.807) is 24.2 Å². The van der Waals surface area contributed by atoms with Crippen molar-refractivity contribution in [3.05, 3.63) is 30.6 Å². The van der Waals surface area contributed by atoms with Gasteiger partial charge in [0.2, 0.25) is 5.91 Å². The molecule has 6 nitrogen and oxygen atoms in total. The summed E-state index contributed by atoms with van der Waals surface area (Å²) in [6.45, 7) is 4.61. The molecule has 2 aromatic rings. The molecule has 0 spiro atoms. The first-order valence-corrected chi connectivity index (χ1v) is 7.92. The molecule has 7 heteroatoms. The average Bonchev–Trinajstić information content (AvgIpc) is 3.03. The zero-order valence-electron chi connectivity index (χ0n) is 12.6. The molecule has 0 unspecified atom stereocenters. The molecule has 1 amide bonds. The second-order valence-electron chi connectivity index (χ2n) is 4.95. The van der Waals surface area contributed by atoms with Crippen LogP contribution >= 0.6 is 11.8 Å². The summed E-state index contributed by atoms with van der Waals surface area (Å²) in [5.41, 5.74) is 0. The van der Waals surface area contributed by atoms with Gasteiger partial charge in [-0.2, -0.15) is 0 Å². The number of aryl methyl sites for hydroxylation is 2. The van der Waals surface area contributed by atoms with Crippen LogP contribution in [0.15, 0.2) is 29.9 Å². The third kappa shape index (κ3) is 4.35.